The van der Waals surface area contributed by atoms with Gasteiger partial charge in [0, 0.05) is 0 Å². The van der Waals surface area contributed by atoms with Crippen LogP contribution in [0.3, 0.4) is 0 Å². The Labute approximate surface area is 108 Å². The Morgan fingerprint density at radius 3 is 3.11 bits per heavy atom. The van der Waals surface area contributed by atoms with Crippen molar-refractivity contribution in [1.29, 1.82) is 0 Å². The van der Waals surface area contributed by atoms with E-state index in [9.17, 15) is 9.59 Å². The van der Waals surface area contributed by atoms with Gasteiger partial charge in [0.15, 0.2) is 0 Å². The molecule has 1 aromatic heterocycles. The molecule has 0 aliphatic carbocycles. The monoisotopic (exact) mass is 270 g/mol. The lowest BCUT2D eigenvalue weighted by Crippen LogP contribution is -2.30. The molecule has 2 rings (SSSR count). The van der Waals surface area contributed by atoms with Crippen LogP contribution in [0.4, 0.5) is 0 Å². The number of nitrogens with one attached hydrogen (secondary N) is 1. The first-order chi connectivity index (χ1) is 8.65. The van der Waals surface area contributed by atoms with Crippen LogP contribution in [0.5, 0.6) is 0 Å². The lowest BCUT2D eigenvalue weighted by atomic mass is 10.2. The second-order valence-corrected chi connectivity index (χ2v) is 5.33. The zero-order valence-electron chi connectivity index (χ0n) is 9.70. The molecule has 0 saturated carbocycles. The van der Waals surface area contributed by atoms with Crippen molar-refractivity contribution in [3.8, 4) is 0 Å². The Morgan fingerprint density at radius 2 is 2.44 bits per heavy atom. The maximum atomic E-state index is 11.7. The van der Waals surface area contributed by atoms with Crippen LogP contribution in [0.15, 0.2) is 6.20 Å². The van der Waals surface area contributed by atoms with Crippen LogP contribution in [-0.2, 0) is 22.7 Å². The molecular formula is C10H14N4O3S. The van der Waals surface area contributed by atoms with E-state index in [0.29, 0.717) is 5.69 Å². The van der Waals surface area contributed by atoms with Crippen LogP contribution in [-0.4, -0.2) is 43.0 Å². The molecule has 1 aliphatic heterocycles. The zero-order valence-corrected chi connectivity index (χ0v) is 10.5. The van der Waals surface area contributed by atoms with Crippen molar-refractivity contribution < 1.29 is 14.7 Å². The summed E-state index contributed by atoms with van der Waals surface area (Å²) in [6.07, 6.45) is 3.52. The van der Waals surface area contributed by atoms with Crippen LogP contribution < -0.4 is 5.32 Å². The van der Waals surface area contributed by atoms with Gasteiger partial charge in [-0.1, -0.05) is 5.21 Å². The van der Waals surface area contributed by atoms with Crippen LogP contribution in [0, 0.1) is 0 Å². The molecule has 1 amide bonds. The summed E-state index contributed by atoms with van der Waals surface area (Å²) < 4.78 is 1.23. The van der Waals surface area contributed by atoms with E-state index in [0.717, 1.165) is 18.6 Å². The van der Waals surface area contributed by atoms with Crippen LogP contribution in [0.25, 0.3) is 0 Å². The smallest absolute Gasteiger partial charge is 0.325 e. The number of nitrogens with zero attached hydrogens (tertiary/aromatic N) is 3. The number of carboxylic acid groups (broad SMARTS) is 1. The predicted molar refractivity (Wildman–Crippen MR) is 65.0 cm³/mol. The first kappa shape index (κ1) is 12.9. The zero-order chi connectivity index (χ0) is 13.0. The van der Waals surface area contributed by atoms with Crippen molar-refractivity contribution in [3.05, 3.63) is 11.9 Å². The fourth-order valence-corrected chi connectivity index (χ4v) is 2.90. The summed E-state index contributed by atoms with van der Waals surface area (Å²) in [5.41, 5.74) is 0.563. The van der Waals surface area contributed by atoms with Gasteiger partial charge in [-0.05, 0) is 18.6 Å². The number of carbonyl (C=O) groups is 2. The van der Waals surface area contributed by atoms with Crippen molar-refractivity contribution in [2.24, 2.45) is 0 Å². The number of amides is 1. The summed E-state index contributed by atoms with van der Waals surface area (Å²) in [5, 5.41) is 18.9. The normalized spacial score (nSPS) is 18.8. The Balaban J connectivity index is 1.80. The van der Waals surface area contributed by atoms with Crippen molar-refractivity contribution in [2.75, 3.05) is 5.75 Å². The minimum absolute atomic E-state index is 0.0188. The topological polar surface area (TPSA) is 97.1 Å². The molecule has 1 fully saturated rings. The van der Waals surface area contributed by atoms with Crippen molar-refractivity contribution in [2.45, 2.75) is 31.2 Å². The molecule has 1 aromatic rings. The number of hydrogen-bond acceptors (Lipinski definition) is 5. The van der Waals surface area contributed by atoms with E-state index >= 15 is 0 Å². The van der Waals surface area contributed by atoms with Gasteiger partial charge >= 0.3 is 5.97 Å². The van der Waals surface area contributed by atoms with E-state index in [1.165, 1.54) is 10.9 Å². The van der Waals surface area contributed by atoms with Gasteiger partial charge in [0.1, 0.15) is 12.2 Å². The number of carboxylic acids is 1. The van der Waals surface area contributed by atoms with E-state index in [1.807, 2.05) is 0 Å². The Bertz CT molecular complexity index is 442. The standard InChI is InChI=1S/C10H14N4O3S/c15-9(16)6-14-5-7(12-13-14)4-11-10(17)8-2-1-3-18-8/h5,8H,1-4,6H2,(H,11,17)(H,15,16). The molecule has 8 heteroatoms. The highest BCUT2D eigenvalue weighted by Crippen LogP contribution is 2.25. The van der Waals surface area contributed by atoms with Gasteiger partial charge in [-0.25, -0.2) is 4.68 Å². The molecule has 98 valence electrons. The highest BCUT2D eigenvalue weighted by atomic mass is 32.2. The quantitative estimate of drug-likeness (QED) is 0.774. The molecule has 0 bridgehead atoms. The third-order valence-corrected chi connectivity index (χ3v) is 3.93. The van der Waals surface area contributed by atoms with Crippen molar-refractivity contribution in [3.63, 3.8) is 0 Å². The number of thioether (sulfide) groups is 1. The molecule has 1 unspecified atom stereocenters. The highest BCUT2D eigenvalue weighted by Gasteiger charge is 2.23. The highest BCUT2D eigenvalue weighted by molar-refractivity contribution is 8.00. The molecule has 1 aliphatic rings. The maximum absolute atomic E-state index is 11.7. The molecule has 2 N–H and O–H groups in total. The Hall–Kier alpha value is -1.57. The largest absolute Gasteiger partial charge is 0.480 e. The second kappa shape index (κ2) is 5.85. The number of hydrogen-bond donors (Lipinski definition) is 2. The molecule has 2 heterocycles. The molecule has 1 atom stereocenters. The van der Waals surface area contributed by atoms with E-state index < -0.39 is 5.97 Å². The molecule has 0 aromatic carbocycles. The molecular weight excluding hydrogens is 256 g/mol. The average molecular weight is 270 g/mol. The third kappa shape index (κ3) is 3.46. The number of rotatable bonds is 5. The fourth-order valence-electron chi connectivity index (χ4n) is 1.71. The van der Waals surface area contributed by atoms with Crippen molar-refractivity contribution in [1.82, 2.24) is 20.3 Å². The van der Waals surface area contributed by atoms with Gasteiger partial charge in [-0.15, -0.1) is 16.9 Å². The summed E-state index contributed by atoms with van der Waals surface area (Å²) in [6.45, 7) is 0.0644. The summed E-state index contributed by atoms with van der Waals surface area (Å²) in [5.74, 6) is 0.0792. The lowest BCUT2D eigenvalue weighted by Gasteiger charge is -2.07. The van der Waals surface area contributed by atoms with E-state index in [2.05, 4.69) is 15.6 Å². The van der Waals surface area contributed by atoms with Gasteiger partial charge in [-0.2, -0.15) is 0 Å². The van der Waals surface area contributed by atoms with Gasteiger partial charge in [-0.3, -0.25) is 9.59 Å². The summed E-state index contributed by atoms with van der Waals surface area (Å²) >= 11 is 1.67. The SMILES string of the molecule is O=C(O)Cn1cc(CNC(=O)C2CCCS2)nn1. The van der Waals surface area contributed by atoms with Gasteiger partial charge in [0.05, 0.1) is 18.0 Å². The number of aromatic nitrogens is 3. The predicted octanol–water partition coefficient (Wildman–Crippen LogP) is -0.126. The lowest BCUT2D eigenvalue weighted by molar-refractivity contribution is -0.138. The third-order valence-electron chi connectivity index (χ3n) is 2.55. The summed E-state index contributed by atoms with van der Waals surface area (Å²) in [4.78, 5) is 22.2. The molecule has 7 nitrogen and oxygen atoms in total. The fraction of sp³-hybridized carbons (Fsp3) is 0.600. The maximum Gasteiger partial charge on any atom is 0.325 e. The average Bonchev–Trinajstić information content (AvgIpc) is 2.95. The van der Waals surface area contributed by atoms with Crippen LogP contribution >= 0.6 is 11.8 Å². The van der Waals surface area contributed by atoms with E-state index in [4.69, 9.17) is 5.11 Å². The van der Waals surface area contributed by atoms with Crippen LogP contribution in [0.1, 0.15) is 18.5 Å². The number of aliphatic carboxylic acids is 1. The number of carbonyl (C=O) groups excluding carboxylic acids is 1. The van der Waals surface area contributed by atoms with Gasteiger partial charge < -0.3 is 10.4 Å². The molecule has 0 radical (unpaired) electrons. The molecule has 18 heavy (non-hydrogen) atoms. The minimum Gasteiger partial charge on any atom is -0.480 e. The first-order valence-corrected chi connectivity index (χ1v) is 6.70. The molecule has 1 saturated heterocycles. The summed E-state index contributed by atoms with van der Waals surface area (Å²) in [7, 11) is 0. The Kier molecular flexibility index (Phi) is 4.19. The molecule has 0 spiro atoms. The van der Waals surface area contributed by atoms with E-state index in [1.54, 1.807) is 11.8 Å². The minimum atomic E-state index is -0.974. The van der Waals surface area contributed by atoms with E-state index in [-0.39, 0.29) is 24.2 Å². The first-order valence-electron chi connectivity index (χ1n) is 5.65. The van der Waals surface area contributed by atoms with Crippen molar-refractivity contribution >= 4 is 23.6 Å². The van der Waals surface area contributed by atoms with Gasteiger partial charge in [0.2, 0.25) is 5.91 Å². The summed E-state index contributed by atoms with van der Waals surface area (Å²) in [6, 6.07) is 0. The second-order valence-electron chi connectivity index (χ2n) is 4.02. The Morgan fingerprint density at radius 1 is 1.61 bits per heavy atom. The van der Waals surface area contributed by atoms with Crippen LogP contribution in [0.2, 0.25) is 0 Å². The van der Waals surface area contributed by atoms with Gasteiger partial charge in [0.25, 0.3) is 0 Å².